The molecule has 0 aromatic heterocycles. The summed E-state index contributed by atoms with van der Waals surface area (Å²) in [5.74, 6) is -0.364. The first-order valence-electron chi connectivity index (χ1n) is 6.61. The second-order valence-electron chi connectivity index (χ2n) is 5.16. The number of halogens is 2. The maximum absolute atomic E-state index is 13.6. The van der Waals surface area contributed by atoms with Crippen molar-refractivity contribution in [2.45, 2.75) is 19.4 Å². The highest BCUT2D eigenvalue weighted by Crippen LogP contribution is 2.23. The number of carbonyl (C=O) groups is 1. The maximum atomic E-state index is 13.6. The van der Waals surface area contributed by atoms with E-state index in [0.29, 0.717) is 10.4 Å². The fourth-order valence-corrected chi connectivity index (χ4v) is 2.88. The number of anilines is 1. The highest BCUT2D eigenvalue weighted by Gasteiger charge is 2.31. The van der Waals surface area contributed by atoms with Gasteiger partial charge in [-0.25, -0.2) is 4.39 Å². The van der Waals surface area contributed by atoms with E-state index < -0.39 is 5.82 Å². The molecule has 20 heavy (non-hydrogen) atoms. The van der Waals surface area contributed by atoms with Gasteiger partial charge in [-0.05, 0) is 37.1 Å². The molecule has 1 aromatic rings. The summed E-state index contributed by atoms with van der Waals surface area (Å²) >= 11 is 3.17. The van der Waals surface area contributed by atoms with Gasteiger partial charge in [-0.1, -0.05) is 22.9 Å². The monoisotopic (exact) mass is 344 g/mol. The Morgan fingerprint density at radius 2 is 2.35 bits per heavy atom. The molecule has 1 amide bonds. The average Bonchev–Trinajstić information content (AvgIpc) is 2.73. The molecule has 2 rings (SSSR count). The third-order valence-electron chi connectivity index (χ3n) is 3.74. The molecule has 1 fully saturated rings. The molecule has 6 heteroatoms. The molecule has 0 bridgehead atoms. The fourth-order valence-electron chi connectivity index (χ4n) is 2.54. The lowest BCUT2D eigenvalue weighted by molar-refractivity contribution is -0.117. The Balaban J connectivity index is 1.95. The largest absolute Gasteiger partial charge is 0.395 e. The van der Waals surface area contributed by atoms with Gasteiger partial charge in [0.25, 0.3) is 0 Å². The summed E-state index contributed by atoms with van der Waals surface area (Å²) in [7, 11) is 0. The smallest absolute Gasteiger partial charge is 0.238 e. The normalized spacial score (nSPS) is 23.0. The fraction of sp³-hybridized carbons (Fsp3) is 0.500. The first kappa shape index (κ1) is 15.4. The van der Waals surface area contributed by atoms with Gasteiger partial charge < -0.3 is 10.4 Å². The van der Waals surface area contributed by atoms with Crippen molar-refractivity contribution in [1.29, 1.82) is 0 Å². The predicted octanol–water partition coefficient (Wildman–Crippen LogP) is 2.23. The van der Waals surface area contributed by atoms with E-state index in [9.17, 15) is 14.3 Å². The summed E-state index contributed by atoms with van der Waals surface area (Å²) < 4.78 is 14.3. The van der Waals surface area contributed by atoms with Gasteiger partial charge in [0.15, 0.2) is 0 Å². The van der Waals surface area contributed by atoms with Crippen molar-refractivity contribution in [1.82, 2.24) is 4.90 Å². The lowest BCUT2D eigenvalue weighted by atomic mass is 10.0. The molecule has 1 aliphatic rings. The molecule has 2 unspecified atom stereocenters. The number of hydrogen-bond acceptors (Lipinski definition) is 3. The predicted molar refractivity (Wildman–Crippen MR) is 79.0 cm³/mol. The molecule has 0 radical (unpaired) electrons. The number of hydrogen-bond donors (Lipinski definition) is 2. The molecule has 1 aliphatic heterocycles. The summed E-state index contributed by atoms with van der Waals surface area (Å²) in [6, 6.07) is 4.51. The van der Waals surface area contributed by atoms with Crippen molar-refractivity contribution >= 4 is 27.5 Å². The number of likely N-dealkylation sites (tertiary alicyclic amines) is 1. The Labute approximate surface area is 126 Å². The molecule has 2 N–H and O–H groups in total. The zero-order valence-corrected chi connectivity index (χ0v) is 12.9. The van der Waals surface area contributed by atoms with Gasteiger partial charge in [0, 0.05) is 10.5 Å². The van der Waals surface area contributed by atoms with E-state index in [4.69, 9.17) is 0 Å². The summed E-state index contributed by atoms with van der Waals surface area (Å²) in [5.41, 5.74) is 0.172. The molecular formula is C14H18BrFN2O2. The molecule has 0 aliphatic carbocycles. The highest BCUT2D eigenvalue weighted by molar-refractivity contribution is 9.10. The van der Waals surface area contributed by atoms with E-state index in [0.717, 1.165) is 13.0 Å². The molecular weight excluding hydrogens is 327 g/mol. The van der Waals surface area contributed by atoms with Crippen LogP contribution in [-0.2, 0) is 4.79 Å². The van der Waals surface area contributed by atoms with Crippen molar-refractivity contribution in [3.63, 3.8) is 0 Å². The molecule has 110 valence electrons. The third-order valence-corrected chi connectivity index (χ3v) is 4.23. The van der Waals surface area contributed by atoms with Crippen LogP contribution in [0.4, 0.5) is 10.1 Å². The van der Waals surface area contributed by atoms with Gasteiger partial charge in [0.2, 0.25) is 5.91 Å². The summed E-state index contributed by atoms with van der Waals surface area (Å²) in [5, 5.41) is 11.9. The van der Waals surface area contributed by atoms with Crippen LogP contribution in [0.5, 0.6) is 0 Å². The molecule has 0 saturated carbocycles. The Bertz CT molecular complexity index is 498. The van der Waals surface area contributed by atoms with E-state index in [2.05, 4.69) is 28.2 Å². The van der Waals surface area contributed by atoms with Gasteiger partial charge in [-0.3, -0.25) is 9.69 Å². The molecule has 4 nitrogen and oxygen atoms in total. The van der Waals surface area contributed by atoms with E-state index in [1.807, 2.05) is 4.90 Å². The molecule has 1 saturated heterocycles. The van der Waals surface area contributed by atoms with Crippen LogP contribution in [0.25, 0.3) is 0 Å². The highest BCUT2D eigenvalue weighted by atomic mass is 79.9. The Morgan fingerprint density at radius 1 is 1.60 bits per heavy atom. The average molecular weight is 345 g/mol. The van der Waals surface area contributed by atoms with Crippen LogP contribution in [0, 0.1) is 11.7 Å². The minimum absolute atomic E-state index is 0.00974. The van der Waals surface area contributed by atoms with Gasteiger partial charge in [-0.15, -0.1) is 0 Å². The number of rotatable bonds is 4. The third kappa shape index (κ3) is 3.56. The standard InChI is InChI=1S/C14H18BrFN2O2/c1-9-4-5-18(13(9)8-19)7-14(20)17-12-3-2-10(15)6-11(12)16/h2-3,6,9,13,19H,4-5,7-8H2,1H3,(H,17,20). The quantitative estimate of drug-likeness (QED) is 0.880. The lowest BCUT2D eigenvalue weighted by Gasteiger charge is -2.24. The number of amides is 1. The van der Waals surface area contributed by atoms with Gasteiger partial charge in [0.05, 0.1) is 18.8 Å². The minimum atomic E-state index is -0.471. The maximum Gasteiger partial charge on any atom is 0.238 e. The minimum Gasteiger partial charge on any atom is -0.395 e. The van der Waals surface area contributed by atoms with E-state index in [-0.39, 0.29) is 30.8 Å². The van der Waals surface area contributed by atoms with Crippen LogP contribution < -0.4 is 5.32 Å². The van der Waals surface area contributed by atoms with Crippen molar-refractivity contribution in [2.24, 2.45) is 5.92 Å². The molecule has 1 aromatic carbocycles. The zero-order valence-electron chi connectivity index (χ0n) is 11.3. The van der Waals surface area contributed by atoms with Gasteiger partial charge in [-0.2, -0.15) is 0 Å². The van der Waals surface area contributed by atoms with Crippen molar-refractivity contribution < 1.29 is 14.3 Å². The topological polar surface area (TPSA) is 52.6 Å². The van der Waals surface area contributed by atoms with E-state index >= 15 is 0 Å². The van der Waals surface area contributed by atoms with Crippen LogP contribution in [0.2, 0.25) is 0 Å². The lowest BCUT2D eigenvalue weighted by Crippen LogP contribution is -2.40. The van der Waals surface area contributed by atoms with Crippen LogP contribution >= 0.6 is 15.9 Å². The Kier molecular flexibility index (Phi) is 5.12. The van der Waals surface area contributed by atoms with Crippen LogP contribution in [0.1, 0.15) is 13.3 Å². The Hall–Kier alpha value is -0.980. The van der Waals surface area contributed by atoms with Gasteiger partial charge in [0.1, 0.15) is 5.82 Å². The van der Waals surface area contributed by atoms with Crippen molar-refractivity contribution in [2.75, 3.05) is 25.0 Å². The van der Waals surface area contributed by atoms with Gasteiger partial charge >= 0.3 is 0 Å². The summed E-state index contributed by atoms with van der Waals surface area (Å²) in [4.78, 5) is 13.9. The first-order chi connectivity index (χ1) is 9.51. The second kappa shape index (κ2) is 6.65. The number of nitrogens with zero attached hydrogens (tertiary/aromatic N) is 1. The number of aliphatic hydroxyl groups is 1. The number of nitrogens with one attached hydrogen (secondary N) is 1. The van der Waals surface area contributed by atoms with E-state index in [1.165, 1.54) is 12.1 Å². The summed E-state index contributed by atoms with van der Waals surface area (Å²) in [6.07, 6.45) is 0.963. The van der Waals surface area contributed by atoms with Crippen LogP contribution in [0.3, 0.4) is 0 Å². The number of aliphatic hydroxyl groups excluding tert-OH is 1. The van der Waals surface area contributed by atoms with Crippen LogP contribution in [-0.4, -0.2) is 41.7 Å². The number of carbonyl (C=O) groups excluding carboxylic acids is 1. The first-order valence-corrected chi connectivity index (χ1v) is 7.40. The molecule has 0 spiro atoms. The van der Waals surface area contributed by atoms with Crippen molar-refractivity contribution in [3.05, 3.63) is 28.5 Å². The van der Waals surface area contributed by atoms with E-state index in [1.54, 1.807) is 6.07 Å². The zero-order chi connectivity index (χ0) is 14.7. The van der Waals surface area contributed by atoms with Crippen molar-refractivity contribution in [3.8, 4) is 0 Å². The SMILES string of the molecule is CC1CCN(CC(=O)Nc2ccc(Br)cc2F)C1CO. The Morgan fingerprint density at radius 3 is 3.00 bits per heavy atom. The van der Waals surface area contributed by atoms with Crippen LogP contribution in [0.15, 0.2) is 22.7 Å². The second-order valence-corrected chi connectivity index (χ2v) is 6.07. The number of benzene rings is 1. The summed E-state index contributed by atoms with van der Waals surface area (Å²) in [6.45, 7) is 3.06. The molecule has 2 atom stereocenters. The molecule has 1 heterocycles.